The van der Waals surface area contributed by atoms with Crippen LogP contribution in [0.3, 0.4) is 0 Å². The number of hydrogen-bond donors (Lipinski definition) is 5. The third-order valence-corrected chi connectivity index (χ3v) is 15.0. The first-order valence-electron chi connectivity index (χ1n) is 24.8. The average Bonchev–Trinajstić information content (AvgIpc) is 3.98. The summed E-state index contributed by atoms with van der Waals surface area (Å²) in [5.74, 6) is 2.84. The predicted octanol–water partition coefficient (Wildman–Crippen LogP) is 10.2. The van der Waals surface area contributed by atoms with Gasteiger partial charge in [0.05, 0.1) is 74.9 Å². The highest BCUT2D eigenvalue weighted by atomic mass is 32.3. The number of aromatic amines is 2. The first-order valence-corrected chi connectivity index (χ1v) is 28.6. The molecule has 2 aliphatic heterocycles. The van der Waals surface area contributed by atoms with Crippen LogP contribution in [0.5, 0.6) is 5.75 Å². The zero-order valence-corrected chi connectivity index (χ0v) is 45.4. The Morgan fingerprint density at radius 1 is 0.973 bits per heavy atom. The summed E-state index contributed by atoms with van der Waals surface area (Å²) >= 11 is 1.66. The molecule has 2 amide bonds. The summed E-state index contributed by atoms with van der Waals surface area (Å²) in [7, 11) is 1.91. The molecule has 0 bridgehead atoms. The number of likely N-dealkylation sites (N-methyl/N-ethyl adjacent to an activating group) is 1. The lowest BCUT2D eigenvalue weighted by Crippen LogP contribution is -2.47. The molecule has 1 saturated carbocycles. The molecule has 6 N–H and O–H groups in total. The monoisotopic (exact) mass is 1040 g/mol. The first kappa shape index (κ1) is 56.1. The maximum atomic E-state index is 16.7. The summed E-state index contributed by atoms with van der Waals surface area (Å²) in [5.41, 5.74) is 11.9. The quantitative estimate of drug-likeness (QED) is 0.0653. The lowest BCUT2D eigenvalue weighted by molar-refractivity contribution is -0.135. The molecule has 3 aliphatic rings. The van der Waals surface area contributed by atoms with Crippen molar-refractivity contribution in [3.63, 3.8) is 0 Å². The van der Waals surface area contributed by atoms with Crippen LogP contribution in [-0.2, 0) is 20.9 Å². The van der Waals surface area contributed by atoms with E-state index in [0.29, 0.717) is 59.1 Å². The van der Waals surface area contributed by atoms with E-state index in [0.717, 1.165) is 76.9 Å². The van der Waals surface area contributed by atoms with Crippen LogP contribution in [0.15, 0.2) is 85.3 Å². The number of rotatable bonds is 14. The zero-order valence-electron chi connectivity index (χ0n) is 43.8. The Balaban J connectivity index is 0.000000511. The van der Waals surface area contributed by atoms with E-state index in [1.165, 1.54) is 11.6 Å². The molecule has 7 aromatic rings. The van der Waals surface area contributed by atoms with Crippen molar-refractivity contribution in [3.05, 3.63) is 118 Å². The van der Waals surface area contributed by atoms with E-state index in [1.807, 2.05) is 108 Å². The van der Waals surface area contributed by atoms with Gasteiger partial charge in [-0.15, -0.1) is 11.3 Å². The largest absolute Gasteiger partial charge is 0.464 e. The Morgan fingerprint density at radius 2 is 1.67 bits per heavy atom. The molecule has 6 heterocycles. The second-order valence-corrected chi connectivity index (χ2v) is 24.8. The Bertz CT molecular complexity index is 2900. The summed E-state index contributed by atoms with van der Waals surface area (Å²) in [4.78, 5) is 59.0. The van der Waals surface area contributed by atoms with Crippen molar-refractivity contribution in [1.82, 2.24) is 44.6 Å². The maximum Gasteiger partial charge on any atom is 0.240 e. The van der Waals surface area contributed by atoms with Crippen LogP contribution in [0.1, 0.15) is 112 Å². The molecular weight excluding hydrogens is 964 g/mol. The smallest absolute Gasteiger partial charge is 0.240 e. The van der Waals surface area contributed by atoms with Crippen LogP contribution in [0.25, 0.3) is 44.7 Å². The number of nitrogens with zero attached hydrogens (tertiary/aromatic N) is 6. The number of amides is 2. The van der Waals surface area contributed by atoms with E-state index in [1.54, 1.807) is 28.6 Å². The van der Waals surface area contributed by atoms with Gasteiger partial charge in [0.2, 0.25) is 18.5 Å². The van der Waals surface area contributed by atoms with Crippen molar-refractivity contribution in [2.75, 3.05) is 45.3 Å². The summed E-state index contributed by atoms with van der Waals surface area (Å²) in [6.07, 6.45) is 16.3. The molecule has 0 spiro atoms. The molecule has 1 aliphatic carbocycles. The number of fused-ring (bicyclic) bond motifs is 5. The van der Waals surface area contributed by atoms with Gasteiger partial charge < -0.3 is 45.5 Å². The number of halogens is 1. The number of nitrogens with one attached hydrogen (secondary N) is 3. The number of nitrogens with two attached hydrogens (primary N) is 1. The van der Waals surface area contributed by atoms with Gasteiger partial charge in [-0.25, -0.2) is 29.4 Å². The number of imidazole rings is 2. The molecule has 15 nitrogen and oxygen atoms in total. The number of H-pyrrole nitrogens is 2. The van der Waals surface area contributed by atoms with E-state index in [2.05, 4.69) is 55.7 Å². The fourth-order valence-electron chi connectivity index (χ4n) is 9.26. The summed E-state index contributed by atoms with van der Waals surface area (Å²) in [6, 6.07) is 21.4. The van der Waals surface area contributed by atoms with Gasteiger partial charge in [0.1, 0.15) is 30.0 Å². The third-order valence-electron chi connectivity index (χ3n) is 12.7. The van der Waals surface area contributed by atoms with Gasteiger partial charge in [0.15, 0.2) is 0 Å². The number of carbonyl (C=O) groups excluding carboxylic acids is 3. The van der Waals surface area contributed by atoms with Crippen LogP contribution in [0.4, 0.5) is 4.39 Å². The minimum atomic E-state index is -0.913. The molecule has 3 unspecified atom stereocenters. The molecular formula is C55H73FN10O5S2. The number of ether oxygens (including phenoxy) is 1. The lowest BCUT2D eigenvalue weighted by atomic mass is 10.0. The van der Waals surface area contributed by atoms with Gasteiger partial charge >= 0.3 is 0 Å². The molecule has 1 saturated heterocycles. The molecule has 73 heavy (non-hydrogen) atoms. The topological polar surface area (TPSA) is 200 Å². The summed E-state index contributed by atoms with van der Waals surface area (Å²) in [6.45, 7) is 13.1. The SMILES string of the molecule is C=O.CC.CC(N)c1ccccc1.CN[C@H](C(=O)N1CCCC1c1ncc(-c2cc(F)c3c(c2)OC(c2cnc(C4CC4)s2)n2c-3cc3cc(-c4cnc(CN(C=O)CS(C)(C)C)[nH]4)ccc32)[nH]1)C(C)C.CO. The fourth-order valence-corrected chi connectivity index (χ4v) is 11.5. The van der Waals surface area contributed by atoms with Crippen LogP contribution >= 0.6 is 21.4 Å². The van der Waals surface area contributed by atoms with E-state index in [4.69, 9.17) is 30.3 Å². The van der Waals surface area contributed by atoms with E-state index < -0.39 is 22.1 Å². The number of likely N-dealkylation sites (tertiary alicyclic amines) is 1. The van der Waals surface area contributed by atoms with E-state index in [-0.39, 0.29) is 30.0 Å². The van der Waals surface area contributed by atoms with E-state index in [9.17, 15) is 9.59 Å². The molecule has 10 rings (SSSR count). The van der Waals surface area contributed by atoms with Crippen LogP contribution < -0.4 is 15.8 Å². The molecule has 4 aromatic heterocycles. The van der Waals surface area contributed by atoms with Crippen molar-refractivity contribution in [3.8, 4) is 39.5 Å². The number of aliphatic hydroxyl groups is 1. The lowest BCUT2D eigenvalue weighted by Gasteiger charge is -2.30. The number of aliphatic hydroxyl groups excluding tert-OH is 1. The number of benzene rings is 3. The van der Waals surface area contributed by atoms with Gasteiger partial charge in [-0.05, 0) is 100 Å². The maximum absolute atomic E-state index is 16.7. The predicted molar refractivity (Wildman–Crippen MR) is 294 cm³/mol. The first-order chi connectivity index (χ1) is 35.2. The van der Waals surface area contributed by atoms with Gasteiger partial charge in [-0.3, -0.25) is 14.2 Å². The van der Waals surface area contributed by atoms with Crippen molar-refractivity contribution in [1.29, 1.82) is 0 Å². The summed E-state index contributed by atoms with van der Waals surface area (Å²) in [5, 5.41) is 12.2. The van der Waals surface area contributed by atoms with Gasteiger partial charge in [0, 0.05) is 48.3 Å². The van der Waals surface area contributed by atoms with Crippen LogP contribution in [0.2, 0.25) is 0 Å². The number of carbonyl (C=O) groups is 3. The van der Waals surface area contributed by atoms with Gasteiger partial charge in [-0.1, -0.05) is 64.1 Å². The fraction of sp³-hybridized carbons (Fsp3) is 0.418. The Labute approximate surface area is 434 Å². The second kappa shape index (κ2) is 25.2. The molecule has 2 fully saturated rings. The van der Waals surface area contributed by atoms with E-state index >= 15 is 4.39 Å². The van der Waals surface area contributed by atoms with Gasteiger partial charge in [0.25, 0.3) is 0 Å². The zero-order chi connectivity index (χ0) is 53.1. The molecule has 4 atom stereocenters. The second-order valence-electron chi connectivity index (χ2n) is 19.2. The van der Waals surface area contributed by atoms with Crippen LogP contribution in [-0.4, -0.2) is 115 Å². The highest BCUT2D eigenvalue weighted by Gasteiger charge is 2.38. The molecule has 3 aromatic carbocycles. The average molecular weight is 1040 g/mol. The highest BCUT2D eigenvalue weighted by molar-refractivity contribution is 8.32. The standard InChI is InChI=1S/C43H50FN9O3S2.C8H11N.C2H6.CH4O.CH2O/c1-24(2)39(45-3)42(55)52-13-7-8-33(52)40-47-19-31(50-40)27-15-29(44)38-34-16-28-14-26(30-18-46-37(49-30)21-51(22-54)23-58(4,5)6)11-12-32(28)53(34)43(56-35(38)17-27)36-20-48-41(57-36)25-9-10-25;1-7(9)8-5-3-2-4-6-8;3*1-2/h11-12,14-20,22,24-25,33,39,43,45H,7-10,13,21,23H2,1-6H3,(H,46,49)(H,47,50);2-7H,9H2,1H3;1-2H3;2H,1H3;1H2/t33?,39-,43?;;;;/m0..../s1. The number of aromatic nitrogens is 6. The minimum absolute atomic E-state index is 0.0697. The van der Waals surface area contributed by atoms with Crippen molar-refractivity contribution in [2.45, 2.75) is 97.1 Å². The van der Waals surface area contributed by atoms with Crippen molar-refractivity contribution < 1.29 is 28.6 Å². The van der Waals surface area contributed by atoms with Crippen molar-refractivity contribution in [2.24, 2.45) is 11.7 Å². The Morgan fingerprint density at radius 3 is 2.30 bits per heavy atom. The van der Waals surface area contributed by atoms with Crippen LogP contribution in [0, 0.1) is 11.7 Å². The highest BCUT2D eigenvalue weighted by Crippen LogP contribution is 2.50. The van der Waals surface area contributed by atoms with Gasteiger partial charge in [-0.2, -0.15) is 0 Å². The normalized spacial score (nSPS) is 16.7. The minimum Gasteiger partial charge on any atom is -0.464 e. The summed E-state index contributed by atoms with van der Waals surface area (Å²) < 4.78 is 25.6. The number of thiazole rings is 1. The van der Waals surface area contributed by atoms with Crippen molar-refractivity contribution >= 4 is 51.4 Å². The Kier molecular flexibility index (Phi) is 19.4. The molecule has 392 valence electrons. The Hall–Kier alpha value is -6.18. The third kappa shape index (κ3) is 13.0. The molecule has 18 heteroatoms. The number of hydrogen-bond acceptors (Lipinski definition) is 11. The molecule has 0 radical (unpaired) electrons.